The van der Waals surface area contributed by atoms with Gasteiger partial charge >= 0.3 is 11.9 Å². The minimum absolute atomic E-state index is 0.00661. The Bertz CT molecular complexity index is 1650. The lowest BCUT2D eigenvalue weighted by Gasteiger charge is -2.13. The molecule has 4 aromatic rings. The van der Waals surface area contributed by atoms with Gasteiger partial charge in [0.15, 0.2) is 11.5 Å². The SMILES string of the molecule is COc1cc(C(=O)NN=Cc2ccc(OC(=O)c3ccc(Cl)cc3)cc2OC(=O)c2ccc(Cl)cc2)cc(OC)c1OC. The highest BCUT2D eigenvalue weighted by atomic mass is 35.5. The number of nitrogens with one attached hydrogen (secondary N) is 1. The fraction of sp³-hybridized carbons (Fsp3) is 0.0968. The summed E-state index contributed by atoms with van der Waals surface area (Å²) in [5, 5.41) is 4.92. The van der Waals surface area contributed by atoms with Gasteiger partial charge in [-0.1, -0.05) is 23.2 Å². The first-order chi connectivity index (χ1) is 20.7. The standard InChI is InChI=1S/C31H24Cl2N2O8/c1-39-26-14-21(15-27(40-2)28(26)41-3)29(36)35-34-17-20-8-13-24(42-30(37)18-4-9-22(32)10-5-18)16-25(20)43-31(38)19-6-11-23(33)12-7-19/h4-17H,1-3H3,(H,35,36). The summed E-state index contributed by atoms with van der Waals surface area (Å²) in [6.07, 6.45) is 1.27. The topological polar surface area (TPSA) is 122 Å². The van der Waals surface area contributed by atoms with Crippen LogP contribution in [0, 0.1) is 0 Å². The molecule has 0 aliphatic rings. The second-order valence-corrected chi connectivity index (χ2v) is 9.48. The maximum atomic E-state index is 12.9. The largest absolute Gasteiger partial charge is 0.493 e. The molecule has 4 rings (SSSR count). The van der Waals surface area contributed by atoms with Gasteiger partial charge in [-0.2, -0.15) is 5.10 Å². The third-order valence-corrected chi connectivity index (χ3v) is 6.36. The van der Waals surface area contributed by atoms with Crippen molar-refractivity contribution in [3.05, 3.63) is 111 Å². The van der Waals surface area contributed by atoms with E-state index in [1.807, 2.05) is 0 Å². The van der Waals surface area contributed by atoms with Gasteiger partial charge < -0.3 is 23.7 Å². The first kappa shape index (κ1) is 30.9. The summed E-state index contributed by atoms with van der Waals surface area (Å²) in [6, 6.07) is 19.5. The summed E-state index contributed by atoms with van der Waals surface area (Å²) in [5.41, 5.74) is 3.38. The number of halogens is 2. The molecule has 0 spiro atoms. The van der Waals surface area contributed by atoms with Gasteiger partial charge in [0.05, 0.1) is 38.7 Å². The normalized spacial score (nSPS) is 10.6. The lowest BCUT2D eigenvalue weighted by Crippen LogP contribution is -2.18. The number of esters is 2. The van der Waals surface area contributed by atoms with Gasteiger partial charge in [-0.3, -0.25) is 4.79 Å². The van der Waals surface area contributed by atoms with Crippen molar-refractivity contribution in [2.45, 2.75) is 0 Å². The van der Waals surface area contributed by atoms with Crippen molar-refractivity contribution in [2.24, 2.45) is 5.10 Å². The fourth-order valence-electron chi connectivity index (χ4n) is 3.71. The fourth-order valence-corrected chi connectivity index (χ4v) is 3.96. The van der Waals surface area contributed by atoms with E-state index < -0.39 is 17.8 Å². The van der Waals surface area contributed by atoms with E-state index in [1.165, 1.54) is 82.1 Å². The Labute approximate surface area is 256 Å². The second-order valence-electron chi connectivity index (χ2n) is 8.61. The van der Waals surface area contributed by atoms with Crippen molar-refractivity contribution in [3.63, 3.8) is 0 Å². The molecule has 43 heavy (non-hydrogen) atoms. The van der Waals surface area contributed by atoms with Gasteiger partial charge in [-0.25, -0.2) is 15.0 Å². The average molecular weight is 623 g/mol. The van der Waals surface area contributed by atoms with E-state index in [2.05, 4.69) is 10.5 Å². The molecule has 0 aromatic heterocycles. The van der Waals surface area contributed by atoms with Crippen LogP contribution in [0.4, 0.5) is 0 Å². The molecule has 0 fully saturated rings. The molecule has 12 heteroatoms. The number of carbonyl (C=O) groups is 3. The predicted octanol–water partition coefficient (Wildman–Crippen LogP) is 6.22. The maximum Gasteiger partial charge on any atom is 0.343 e. The van der Waals surface area contributed by atoms with Crippen LogP contribution in [-0.2, 0) is 0 Å². The van der Waals surface area contributed by atoms with Gasteiger partial charge in [-0.15, -0.1) is 0 Å². The number of ether oxygens (including phenoxy) is 5. The lowest BCUT2D eigenvalue weighted by molar-refractivity contribution is 0.0732. The van der Waals surface area contributed by atoms with Crippen LogP contribution < -0.4 is 29.1 Å². The zero-order valence-corrected chi connectivity index (χ0v) is 24.6. The highest BCUT2D eigenvalue weighted by Gasteiger charge is 2.18. The van der Waals surface area contributed by atoms with E-state index in [0.717, 1.165) is 0 Å². The van der Waals surface area contributed by atoms with E-state index >= 15 is 0 Å². The molecule has 220 valence electrons. The van der Waals surface area contributed by atoms with E-state index in [-0.39, 0.29) is 39.7 Å². The van der Waals surface area contributed by atoms with Crippen LogP contribution in [0.5, 0.6) is 28.7 Å². The third-order valence-electron chi connectivity index (χ3n) is 5.85. The minimum atomic E-state index is -0.700. The van der Waals surface area contributed by atoms with Gasteiger partial charge in [0, 0.05) is 27.2 Å². The molecule has 4 aromatic carbocycles. The Morgan fingerprint density at radius 3 is 1.70 bits per heavy atom. The highest BCUT2D eigenvalue weighted by molar-refractivity contribution is 6.31. The van der Waals surface area contributed by atoms with Crippen LogP contribution in [0.15, 0.2) is 84.0 Å². The van der Waals surface area contributed by atoms with Crippen LogP contribution in [-0.4, -0.2) is 45.4 Å². The number of hydrogen-bond acceptors (Lipinski definition) is 9. The van der Waals surface area contributed by atoms with E-state index in [0.29, 0.717) is 21.4 Å². The van der Waals surface area contributed by atoms with Crippen LogP contribution >= 0.6 is 23.2 Å². The number of rotatable bonds is 10. The quantitative estimate of drug-likeness (QED) is 0.0957. The number of hydrazone groups is 1. The molecule has 0 heterocycles. The number of methoxy groups -OCH3 is 3. The Kier molecular flexibility index (Phi) is 10.2. The summed E-state index contributed by atoms with van der Waals surface area (Å²) in [6.45, 7) is 0. The van der Waals surface area contributed by atoms with Gasteiger partial charge in [0.2, 0.25) is 5.75 Å². The smallest absolute Gasteiger partial charge is 0.343 e. The number of hydrogen-bond donors (Lipinski definition) is 1. The molecule has 0 aliphatic heterocycles. The van der Waals surface area contributed by atoms with E-state index in [9.17, 15) is 14.4 Å². The number of nitrogens with zero attached hydrogens (tertiary/aromatic N) is 1. The molecule has 0 unspecified atom stereocenters. The zero-order valence-electron chi connectivity index (χ0n) is 23.1. The van der Waals surface area contributed by atoms with Gasteiger partial charge in [-0.05, 0) is 72.8 Å². The Balaban J connectivity index is 1.58. The maximum absolute atomic E-state index is 12.9. The van der Waals surface area contributed by atoms with Crippen molar-refractivity contribution < 1.29 is 38.1 Å². The van der Waals surface area contributed by atoms with Crippen LogP contribution in [0.25, 0.3) is 0 Å². The molecule has 1 amide bonds. The molecule has 0 saturated carbocycles. The Hall–Kier alpha value is -5.06. The van der Waals surface area contributed by atoms with Crippen molar-refractivity contribution >= 4 is 47.3 Å². The molecule has 0 saturated heterocycles. The monoisotopic (exact) mass is 622 g/mol. The Morgan fingerprint density at radius 1 is 0.651 bits per heavy atom. The predicted molar refractivity (Wildman–Crippen MR) is 160 cm³/mol. The third kappa shape index (κ3) is 7.82. The molecular formula is C31H24Cl2N2O8. The average Bonchev–Trinajstić information content (AvgIpc) is 3.01. The molecular weight excluding hydrogens is 599 g/mol. The molecule has 0 atom stereocenters. The number of carbonyl (C=O) groups excluding carboxylic acids is 3. The zero-order chi connectivity index (χ0) is 30.9. The molecule has 1 N–H and O–H groups in total. The van der Waals surface area contributed by atoms with Gasteiger partial charge in [0.25, 0.3) is 5.91 Å². The molecule has 0 radical (unpaired) electrons. The van der Waals surface area contributed by atoms with E-state index in [4.69, 9.17) is 46.9 Å². The summed E-state index contributed by atoms with van der Waals surface area (Å²) in [7, 11) is 4.31. The van der Waals surface area contributed by atoms with E-state index in [1.54, 1.807) is 24.3 Å². The molecule has 0 bridgehead atoms. The van der Waals surface area contributed by atoms with Crippen molar-refractivity contribution in [2.75, 3.05) is 21.3 Å². The first-order valence-electron chi connectivity index (χ1n) is 12.4. The van der Waals surface area contributed by atoms with Crippen LogP contribution in [0.1, 0.15) is 36.6 Å². The van der Waals surface area contributed by atoms with Crippen molar-refractivity contribution in [3.8, 4) is 28.7 Å². The number of benzene rings is 4. The highest BCUT2D eigenvalue weighted by Crippen LogP contribution is 2.38. The van der Waals surface area contributed by atoms with Crippen molar-refractivity contribution in [1.29, 1.82) is 0 Å². The summed E-state index contributed by atoms with van der Waals surface area (Å²) in [4.78, 5) is 38.3. The van der Waals surface area contributed by atoms with Gasteiger partial charge in [0.1, 0.15) is 11.5 Å². The lowest BCUT2D eigenvalue weighted by atomic mass is 10.1. The van der Waals surface area contributed by atoms with Crippen LogP contribution in [0.3, 0.4) is 0 Å². The molecule has 10 nitrogen and oxygen atoms in total. The van der Waals surface area contributed by atoms with Crippen LogP contribution in [0.2, 0.25) is 10.0 Å². The Morgan fingerprint density at radius 2 is 1.19 bits per heavy atom. The number of amides is 1. The molecule has 0 aliphatic carbocycles. The summed E-state index contributed by atoms with van der Waals surface area (Å²) >= 11 is 11.8. The summed E-state index contributed by atoms with van der Waals surface area (Å²) < 4.78 is 26.9. The minimum Gasteiger partial charge on any atom is -0.493 e. The first-order valence-corrected chi connectivity index (χ1v) is 13.2. The van der Waals surface area contributed by atoms with Crippen molar-refractivity contribution in [1.82, 2.24) is 5.43 Å². The second kappa shape index (κ2) is 14.2. The summed E-state index contributed by atoms with van der Waals surface area (Å²) in [5.74, 6) is -0.922.